The first-order valence-corrected chi connectivity index (χ1v) is 10.0. The molecule has 0 aromatic heterocycles. The SMILES string of the molecule is C=C1C(=O)O[C@@H]2[C@H]1[C@H](OC(=O)/C(=C/C)COC(C)=O)[C@H](O)C(=C)[C@@H]1C(=O)[C@H]3O[C@@]3(C)[C@@H]12. The predicted molar refractivity (Wildman–Crippen MR) is 103 cm³/mol. The van der Waals surface area contributed by atoms with Crippen molar-refractivity contribution in [2.75, 3.05) is 6.61 Å². The average molecular weight is 432 g/mol. The van der Waals surface area contributed by atoms with Gasteiger partial charge in [0.15, 0.2) is 5.78 Å². The number of allylic oxidation sites excluding steroid dienone is 1. The van der Waals surface area contributed by atoms with Gasteiger partial charge in [0.1, 0.15) is 36.6 Å². The molecule has 0 aromatic carbocycles. The Hall–Kier alpha value is -2.78. The van der Waals surface area contributed by atoms with Crippen molar-refractivity contribution in [3.63, 3.8) is 0 Å². The third-order valence-electron chi connectivity index (χ3n) is 6.77. The number of aliphatic hydroxyl groups excluding tert-OH is 1. The van der Waals surface area contributed by atoms with Crippen LogP contribution in [-0.2, 0) is 38.1 Å². The number of carbonyl (C=O) groups is 4. The number of rotatable bonds is 4. The van der Waals surface area contributed by atoms with Crippen LogP contribution in [0.3, 0.4) is 0 Å². The van der Waals surface area contributed by atoms with Gasteiger partial charge in [-0.3, -0.25) is 9.59 Å². The second-order valence-corrected chi connectivity index (χ2v) is 8.49. The first-order chi connectivity index (χ1) is 14.5. The number of epoxide rings is 1. The van der Waals surface area contributed by atoms with E-state index < -0.39 is 65.7 Å². The number of hydrogen-bond donors (Lipinski definition) is 1. The van der Waals surface area contributed by atoms with Crippen LogP contribution in [0, 0.1) is 17.8 Å². The lowest BCUT2D eigenvalue weighted by molar-refractivity contribution is -0.155. The monoisotopic (exact) mass is 432 g/mol. The van der Waals surface area contributed by atoms with E-state index in [9.17, 15) is 24.3 Å². The second-order valence-electron chi connectivity index (χ2n) is 8.49. The van der Waals surface area contributed by atoms with Gasteiger partial charge in [0, 0.05) is 18.4 Å². The summed E-state index contributed by atoms with van der Waals surface area (Å²) in [6, 6.07) is 0. The summed E-state index contributed by atoms with van der Waals surface area (Å²) in [5.74, 6) is -4.59. The molecule has 0 radical (unpaired) electrons. The molecule has 4 rings (SSSR count). The summed E-state index contributed by atoms with van der Waals surface area (Å²) in [6.45, 7) is 11.9. The van der Waals surface area contributed by atoms with Gasteiger partial charge in [0.05, 0.1) is 17.4 Å². The van der Waals surface area contributed by atoms with E-state index in [0.717, 1.165) is 0 Å². The summed E-state index contributed by atoms with van der Waals surface area (Å²) >= 11 is 0. The molecule has 0 bridgehead atoms. The highest BCUT2D eigenvalue weighted by molar-refractivity contribution is 5.97. The van der Waals surface area contributed by atoms with Gasteiger partial charge in [-0.25, -0.2) is 9.59 Å². The second kappa shape index (κ2) is 7.13. The van der Waals surface area contributed by atoms with E-state index in [1.165, 1.54) is 13.0 Å². The van der Waals surface area contributed by atoms with Crippen LogP contribution in [0.2, 0.25) is 0 Å². The van der Waals surface area contributed by atoms with Crippen molar-refractivity contribution in [2.45, 2.75) is 50.8 Å². The van der Waals surface area contributed by atoms with E-state index in [0.29, 0.717) is 0 Å². The summed E-state index contributed by atoms with van der Waals surface area (Å²) in [5, 5.41) is 11.1. The minimum Gasteiger partial charge on any atom is -0.461 e. The maximum absolute atomic E-state index is 12.9. The molecule has 0 unspecified atom stereocenters. The Balaban J connectivity index is 1.68. The fraction of sp³-hybridized carbons (Fsp3) is 0.545. The maximum Gasteiger partial charge on any atom is 0.337 e. The molecule has 0 spiro atoms. The molecule has 2 aliphatic carbocycles. The van der Waals surface area contributed by atoms with Crippen LogP contribution >= 0.6 is 0 Å². The number of ether oxygens (including phenoxy) is 4. The molecule has 0 amide bonds. The molecule has 2 saturated carbocycles. The van der Waals surface area contributed by atoms with E-state index >= 15 is 0 Å². The number of Topliss-reactive ketones (excluding diaryl/α,β-unsaturated/α-hetero) is 1. The fourth-order valence-corrected chi connectivity index (χ4v) is 5.07. The van der Waals surface area contributed by atoms with Gasteiger partial charge < -0.3 is 24.1 Å². The van der Waals surface area contributed by atoms with E-state index in [2.05, 4.69) is 13.2 Å². The van der Waals surface area contributed by atoms with Crippen molar-refractivity contribution in [2.24, 2.45) is 17.8 Å². The lowest BCUT2D eigenvalue weighted by atomic mass is 9.78. The van der Waals surface area contributed by atoms with E-state index in [1.54, 1.807) is 13.8 Å². The molecule has 9 heteroatoms. The summed E-state index contributed by atoms with van der Waals surface area (Å²) in [4.78, 5) is 49.1. The van der Waals surface area contributed by atoms with Gasteiger partial charge >= 0.3 is 17.9 Å². The highest BCUT2D eigenvalue weighted by Crippen LogP contribution is 2.61. The lowest BCUT2D eigenvalue weighted by Crippen LogP contribution is -2.43. The average Bonchev–Trinajstić information content (AvgIpc) is 3.26. The van der Waals surface area contributed by atoms with Crippen molar-refractivity contribution in [1.29, 1.82) is 0 Å². The van der Waals surface area contributed by atoms with Crippen LogP contribution in [0.5, 0.6) is 0 Å². The van der Waals surface area contributed by atoms with Crippen LogP contribution in [0.4, 0.5) is 0 Å². The van der Waals surface area contributed by atoms with Gasteiger partial charge in [0.2, 0.25) is 0 Å². The summed E-state index contributed by atoms with van der Waals surface area (Å²) in [5.41, 5.74) is -0.568. The molecule has 31 heavy (non-hydrogen) atoms. The van der Waals surface area contributed by atoms with Crippen LogP contribution in [-0.4, -0.2) is 65.4 Å². The first-order valence-electron chi connectivity index (χ1n) is 10.0. The Morgan fingerprint density at radius 3 is 2.58 bits per heavy atom. The Morgan fingerprint density at radius 2 is 1.97 bits per heavy atom. The van der Waals surface area contributed by atoms with Crippen molar-refractivity contribution >= 4 is 23.7 Å². The summed E-state index contributed by atoms with van der Waals surface area (Å²) in [6.07, 6.45) is -2.80. The highest BCUT2D eigenvalue weighted by atomic mass is 16.6. The molecule has 4 fully saturated rings. The van der Waals surface area contributed by atoms with E-state index in [-0.39, 0.29) is 29.1 Å². The molecule has 8 atom stereocenters. The Labute approximate surface area is 178 Å². The number of hydrogen-bond acceptors (Lipinski definition) is 9. The molecule has 9 nitrogen and oxygen atoms in total. The first kappa shape index (κ1) is 21.5. The molecule has 166 valence electrons. The molecule has 4 aliphatic rings. The van der Waals surface area contributed by atoms with Crippen LogP contribution in [0.1, 0.15) is 20.8 Å². The summed E-state index contributed by atoms with van der Waals surface area (Å²) < 4.78 is 21.6. The summed E-state index contributed by atoms with van der Waals surface area (Å²) in [7, 11) is 0. The number of fused-ring (bicyclic) bond motifs is 5. The molecule has 2 aliphatic heterocycles. The number of carbonyl (C=O) groups excluding carboxylic acids is 4. The smallest absolute Gasteiger partial charge is 0.337 e. The van der Waals surface area contributed by atoms with Crippen LogP contribution in [0.15, 0.2) is 36.0 Å². The van der Waals surface area contributed by atoms with Gasteiger partial charge in [-0.2, -0.15) is 0 Å². The lowest BCUT2D eigenvalue weighted by Gasteiger charge is -2.30. The molecular formula is C22H24O9. The maximum atomic E-state index is 12.9. The largest absolute Gasteiger partial charge is 0.461 e. The molecular weight excluding hydrogens is 408 g/mol. The third kappa shape index (κ3) is 3.06. The predicted octanol–water partition coefficient (Wildman–Crippen LogP) is 0.409. The topological polar surface area (TPSA) is 129 Å². The van der Waals surface area contributed by atoms with Crippen molar-refractivity contribution < 1.29 is 43.2 Å². The Kier molecular flexibility index (Phi) is 4.94. The van der Waals surface area contributed by atoms with E-state index in [1.807, 2.05) is 0 Å². The number of aliphatic hydroxyl groups is 1. The molecule has 1 N–H and O–H groups in total. The molecule has 2 saturated heterocycles. The quantitative estimate of drug-likeness (QED) is 0.221. The highest BCUT2D eigenvalue weighted by Gasteiger charge is 2.77. The van der Waals surface area contributed by atoms with Crippen LogP contribution in [0.25, 0.3) is 0 Å². The molecule has 2 heterocycles. The van der Waals surface area contributed by atoms with E-state index in [4.69, 9.17) is 18.9 Å². The van der Waals surface area contributed by atoms with Gasteiger partial charge in [-0.05, 0) is 19.4 Å². The fourth-order valence-electron chi connectivity index (χ4n) is 5.07. The number of ketones is 1. The zero-order valence-corrected chi connectivity index (χ0v) is 17.5. The zero-order chi connectivity index (χ0) is 22.8. The van der Waals surface area contributed by atoms with Gasteiger partial charge in [0.25, 0.3) is 0 Å². The third-order valence-corrected chi connectivity index (χ3v) is 6.77. The van der Waals surface area contributed by atoms with Gasteiger partial charge in [-0.15, -0.1) is 0 Å². The van der Waals surface area contributed by atoms with Gasteiger partial charge in [-0.1, -0.05) is 19.2 Å². The van der Waals surface area contributed by atoms with Crippen molar-refractivity contribution in [3.05, 3.63) is 36.0 Å². The normalized spacial score (nSPS) is 41.0. The Morgan fingerprint density at radius 1 is 1.29 bits per heavy atom. The van der Waals surface area contributed by atoms with Crippen molar-refractivity contribution in [1.82, 2.24) is 0 Å². The number of esters is 3. The minimum absolute atomic E-state index is 0.0393. The minimum atomic E-state index is -1.44. The van der Waals surface area contributed by atoms with Crippen molar-refractivity contribution in [3.8, 4) is 0 Å². The van der Waals surface area contributed by atoms with Crippen LogP contribution < -0.4 is 0 Å². The molecule has 0 aromatic rings. The zero-order valence-electron chi connectivity index (χ0n) is 17.5. The standard InChI is InChI=1S/C22H24O9/c1-6-11(7-28-10(4)23)21(27)30-18-13-9(3)20(26)29-17(13)14-12(8(2)15(18)24)16(25)19-22(14,5)31-19/h6,12-15,17-19,24H,2-3,7H2,1,4-5H3/b11-6+/t12-,13-,14-,15+,17+,18-,19+,22-/m0/s1. The Bertz CT molecular complexity index is 947.